The van der Waals surface area contributed by atoms with E-state index in [1.165, 1.54) is 6.07 Å². The first-order valence-corrected chi connectivity index (χ1v) is 8.66. The molecule has 0 unspecified atom stereocenters. The molecule has 0 spiro atoms. The Hall–Kier alpha value is -2.71. The Labute approximate surface area is 152 Å². The Bertz CT molecular complexity index is 748. The van der Waals surface area contributed by atoms with Crippen molar-refractivity contribution in [2.45, 2.75) is 19.9 Å². The van der Waals surface area contributed by atoms with Crippen molar-refractivity contribution >= 4 is 23.0 Å². The molecule has 3 rings (SSSR count). The zero-order valence-electron chi connectivity index (χ0n) is 15.0. The van der Waals surface area contributed by atoms with Crippen molar-refractivity contribution in [2.24, 2.45) is 0 Å². The van der Waals surface area contributed by atoms with Gasteiger partial charge in [0, 0.05) is 25.2 Å². The summed E-state index contributed by atoms with van der Waals surface area (Å²) in [6.45, 7) is 6.41. The maximum atomic E-state index is 11.6. The topological polar surface area (TPSA) is 83.8 Å². The molecule has 1 fully saturated rings. The van der Waals surface area contributed by atoms with Gasteiger partial charge in [0.1, 0.15) is 5.82 Å². The van der Waals surface area contributed by atoms with Crippen LogP contribution in [0.5, 0.6) is 0 Å². The lowest BCUT2D eigenvalue weighted by atomic mass is 10.2. The third kappa shape index (κ3) is 4.09. The van der Waals surface area contributed by atoms with Crippen LogP contribution in [0.25, 0.3) is 0 Å². The molecule has 0 saturated carbocycles. The molecule has 0 amide bonds. The molecule has 8 heteroatoms. The predicted octanol–water partition coefficient (Wildman–Crippen LogP) is 3.20. The molecule has 0 atom stereocenters. The predicted molar refractivity (Wildman–Crippen MR) is 101 cm³/mol. The van der Waals surface area contributed by atoms with Gasteiger partial charge in [-0.2, -0.15) is 0 Å². The monoisotopic (exact) mass is 357 g/mol. The Morgan fingerprint density at radius 2 is 1.88 bits per heavy atom. The lowest BCUT2D eigenvalue weighted by molar-refractivity contribution is -0.384. The van der Waals surface area contributed by atoms with Gasteiger partial charge < -0.3 is 10.1 Å². The summed E-state index contributed by atoms with van der Waals surface area (Å²) in [6, 6.07) is 12.9. The highest BCUT2D eigenvalue weighted by atomic mass is 16.6. The third-order valence-electron chi connectivity index (χ3n) is 3.96. The van der Waals surface area contributed by atoms with Crippen molar-refractivity contribution in [1.29, 1.82) is 0 Å². The number of hydrazine groups is 1. The van der Waals surface area contributed by atoms with Crippen molar-refractivity contribution in [2.75, 3.05) is 36.6 Å². The summed E-state index contributed by atoms with van der Waals surface area (Å²) in [5.74, 6) is 0.906. The standard InChI is InChI=1S/C18H23N5O3/c1-14(2)19-17-9-8-16(23(24)25)18(20-17)22(15-6-4-3-5-7-15)21-10-12-26-13-11-21/h3-9,14H,10-13H2,1-2H3,(H,19,20). The molecule has 0 bridgehead atoms. The number of para-hydroxylation sites is 1. The molecule has 1 saturated heterocycles. The smallest absolute Gasteiger partial charge is 0.313 e. The highest BCUT2D eigenvalue weighted by Crippen LogP contribution is 2.34. The van der Waals surface area contributed by atoms with Crippen molar-refractivity contribution in [3.05, 3.63) is 52.6 Å². The normalized spacial score (nSPS) is 15.0. The fraction of sp³-hybridized carbons (Fsp3) is 0.389. The molecule has 26 heavy (non-hydrogen) atoms. The largest absolute Gasteiger partial charge is 0.379 e. The second-order valence-electron chi connectivity index (χ2n) is 6.31. The lowest BCUT2D eigenvalue weighted by Crippen LogP contribution is -2.47. The second-order valence-corrected chi connectivity index (χ2v) is 6.31. The molecule has 1 aliphatic heterocycles. The van der Waals surface area contributed by atoms with Crippen molar-refractivity contribution in [1.82, 2.24) is 9.99 Å². The summed E-state index contributed by atoms with van der Waals surface area (Å²) in [4.78, 5) is 15.8. The number of hydrogen-bond acceptors (Lipinski definition) is 7. The van der Waals surface area contributed by atoms with Gasteiger partial charge in [0.15, 0.2) is 0 Å². The van der Waals surface area contributed by atoms with E-state index in [2.05, 4.69) is 10.3 Å². The van der Waals surface area contributed by atoms with Crippen LogP contribution >= 0.6 is 0 Å². The quantitative estimate of drug-likeness (QED) is 0.628. The van der Waals surface area contributed by atoms with Crippen LogP contribution in [0.3, 0.4) is 0 Å². The molecule has 0 radical (unpaired) electrons. The number of ether oxygens (including phenoxy) is 1. The number of nitrogens with one attached hydrogen (secondary N) is 1. The van der Waals surface area contributed by atoms with Crippen LogP contribution in [-0.4, -0.2) is 47.3 Å². The summed E-state index contributed by atoms with van der Waals surface area (Å²) in [5.41, 5.74) is 0.793. The number of anilines is 3. The third-order valence-corrected chi connectivity index (χ3v) is 3.96. The van der Waals surface area contributed by atoms with E-state index in [0.29, 0.717) is 37.9 Å². The molecule has 2 aromatic rings. The van der Waals surface area contributed by atoms with E-state index in [9.17, 15) is 10.1 Å². The molecule has 1 aliphatic rings. The van der Waals surface area contributed by atoms with Gasteiger partial charge >= 0.3 is 5.69 Å². The van der Waals surface area contributed by atoms with E-state index in [-0.39, 0.29) is 11.7 Å². The first-order valence-electron chi connectivity index (χ1n) is 8.66. The number of nitro groups is 1. The Morgan fingerprint density at radius 1 is 1.19 bits per heavy atom. The summed E-state index contributed by atoms with van der Waals surface area (Å²) in [5, 5.41) is 18.7. The minimum Gasteiger partial charge on any atom is -0.379 e. The number of benzene rings is 1. The van der Waals surface area contributed by atoms with Crippen LogP contribution in [0.2, 0.25) is 0 Å². The molecule has 2 heterocycles. The first kappa shape index (κ1) is 18.1. The van der Waals surface area contributed by atoms with Crippen LogP contribution in [0.4, 0.5) is 23.0 Å². The van der Waals surface area contributed by atoms with Crippen LogP contribution in [0.1, 0.15) is 13.8 Å². The van der Waals surface area contributed by atoms with Crippen molar-refractivity contribution < 1.29 is 9.66 Å². The van der Waals surface area contributed by atoms with Gasteiger partial charge in [0.25, 0.3) is 0 Å². The molecule has 1 N–H and O–H groups in total. The maximum Gasteiger partial charge on any atom is 0.313 e. The van der Waals surface area contributed by atoms with Gasteiger partial charge in [-0.05, 0) is 32.0 Å². The highest BCUT2D eigenvalue weighted by molar-refractivity contribution is 5.69. The number of nitrogens with zero attached hydrogens (tertiary/aromatic N) is 4. The molecule has 1 aromatic carbocycles. The van der Waals surface area contributed by atoms with Gasteiger partial charge in [-0.25, -0.2) is 9.99 Å². The minimum absolute atomic E-state index is 0.0327. The van der Waals surface area contributed by atoms with Gasteiger partial charge in [0.05, 0.1) is 23.8 Å². The molecular weight excluding hydrogens is 334 g/mol. The van der Waals surface area contributed by atoms with Crippen LogP contribution in [-0.2, 0) is 4.74 Å². The zero-order valence-corrected chi connectivity index (χ0v) is 15.0. The summed E-state index contributed by atoms with van der Waals surface area (Å²) in [7, 11) is 0. The fourth-order valence-electron chi connectivity index (χ4n) is 2.86. The van der Waals surface area contributed by atoms with E-state index >= 15 is 0 Å². The Balaban J connectivity index is 2.10. The summed E-state index contributed by atoms with van der Waals surface area (Å²) < 4.78 is 5.44. The highest BCUT2D eigenvalue weighted by Gasteiger charge is 2.29. The number of hydrogen-bond donors (Lipinski definition) is 1. The van der Waals surface area contributed by atoms with E-state index in [1.807, 2.05) is 54.2 Å². The average Bonchev–Trinajstić information content (AvgIpc) is 2.63. The molecule has 138 valence electrons. The summed E-state index contributed by atoms with van der Waals surface area (Å²) >= 11 is 0. The zero-order chi connectivity index (χ0) is 18.5. The first-order chi connectivity index (χ1) is 12.6. The molecule has 0 aliphatic carbocycles. The summed E-state index contributed by atoms with van der Waals surface area (Å²) in [6.07, 6.45) is 0. The number of pyridine rings is 1. The van der Waals surface area contributed by atoms with Gasteiger partial charge in [-0.3, -0.25) is 15.1 Å². The van der Waals surface area contributed by atoms with Crippen molar-refractivity contribution in [3.63, 3.8) is 0 Å². The Morgan fingerprint density at radius 3 is 2.50 bits per heavy atom. The molecule has 8 nitrogen and oxygen atoms in total. The number of morpholine rings is 1. The van der Waals surface area contributed by atoms with Gasteiger partial charge in [-0.1, -0.05) is 18.2 Å². The van der Waals surface area contributed by atoms with E-state index < -0.39 is 4.92 Å². The van der Waals surface area contributed by atoms with Crippen LogP contribution in [0, 0.1) is 10.1 Å². The molecule has 1 aromatic heterocycles. The second kappa shape index (κ2) is 8.11. The van der Waals surface area contributed by atoms with E-state index in [4.69, 9.17) is 4.74 Å². The number of aromatic nitrogens is 1. The SMILES string of the molecule is CC(C)Nc1ccc([N+](=O)[O-])c(N(c2ccccc2)N2CCOCC2)n1. The Kier molecular flexibility index (Phi) is 5.65. The van der Waals surface area contributed by atoms with Gasteiger partial charge in [0.2, 0.25) is 5.82 Å². The minimum atomic E-state index is -0.391. The maximum absolute atomic E-state index is 11.6. The van der Waals surface area contributed by atoms with Crippen molar-refractivity contribution in [3.8, 4) is 0 Å². The molecular formula is C18H23N5O3. The van der Waals surface area contributed by atoms with E-state index in [0.717, 1.165) is 5.69 Å². The fourth-order valence-corrected chi connectivity index (χ4v) is 2.86. The van der Waals surface area contributed by atoms with E-state index in [1.54, 1.807) is 6.07 Å². The number of rotatable bonds is 6. The van der Waals surface area contributed by atoms with Crippen LogP contribution in [0.15, 0.2) is 42.5 Å². The average molecular weight is 357 g/mol. The lowest BCUT2D eigenvalue weighted by Gasteiger charge is -2.37. The van der Waals surface area contributed by atoms with Crippen LogP contribution < -0.4 is 10.3 Å². The van der Waals surface area contributed by atoms with Gasteiger partial charge in [-0.15, -0.1) is 0 Å².